The van der Waals surface area contributed by atoms with Crippen molar-refractivity contribution in [3.63, 3.8) is 0 Å². The van der Waals surface area contributed by atoms with E-state index in [2.05, 4.69) is 106 Å². The number of carbonyl (C=O) groups is 18. The van der Waals surface area contributed by atoms with E-state index in [-0.39, 0.29) is 114 Å². The lowest BCUT2D eigenvalue weighted by Crippen LogP contribution is -2.63. The molecule has 37 N–H and O–H groups in total. The lowest BCUT2D eigenvalue weighted by atomic mass is 9.98. The summed E-state index contributed by atoms with van der Waals surface area (Å²) in [5, 5.41) is 99.6. The number of nitrogens with zero attached hydrogens (tertiary/aromatic N) is 1. The number of hydrogen-bond donors (Lipinski definition) is 31. The quantitative estimate of drug-likeness (QED) is 0.0142. The molecule has 0 saturated carbocycles. The average molecular weight is 1920 g/mol. The first-order chi connectivity index (χ1) is 63.9. The minimum absolute atomic E-state index is 0.00605. The van der Waals surface area contributed by atoms with Crippen molar-refractivity contribution in [3.8, 4) is 5.75 Å². The number of aromatic hydroxyl groups is 1. The van der Waals surface area contributed by atoms with Crippen LogP contribution in [0, 0.1) is 39.9 Å². The normalized spacial score (nSPS) is 14.7. The summed E-state index contributed by atoms with van der Waals surface area (Å²) in [6.45, 7) is 15.7. The highest BCUT2D eigenvalue weighted by Crippen LogP contribution is 2.18. The van der Waals surface area contributed by atoms with Crippen LogP contribution < -0.4 is 130 Å². The molecule has 16 atom stereocenters. The molecule has 0 spiro atoms. The molecule has 1 aromatic heterocycles. The van der Waals surface area contributed by atoms with E-state index in [1.54, 1.807) is 71.9 Å². The van der Waals surface area contributed by atoms with E-state index < -0.39 is 265 Å². The third-order valence-corrected chi connectivity index (χ3v) is 20.7. The van der Waals surface area contributed by atoms with E-state index in [1.807, 2.05) is 0 Å². The monoisotopic (exact) mass is 1910 g/mol. The number of carbonyl (C=O) groups excluding carboxylic acids is 18. The Labute approximate surface area is 787 Å². The fraction of sp³-hybridized carbons (Fsp3) is 0.581. The van der Waals surface area contributed by atoms with E-state index in [0.717, 1.165) is 6.92 Å². The molecule has 1 heterocycles. The Morgan fingerprint density at radius 2 is 0.713 bits per heavy atom. The minimum Gasteiger partial charge on any atom is -0.508 e. The average Bonchev–Trinajstić information content (AvgIpc) is 1.05. The molecule has 0 unspecified atom stereocenters. The molecule has 50 heteroatoms. The number of aliphatic hydroxyl groups excluding tert-OH is 2. The van der Waals surface area contributed by atoms with Crippen LogP contribution in [-0.2, 0) is 106 Å². The number of aromatic amines is 1. The second-order valence-electron chi connectivity index (χ2n) is 34.5. The third kappa shape index (κ3) is 44.5. The third-order valence-electron chi connectivity index (χ3n) is 20.7. The van der Waals surface area contributed by atoms with Crippen molar-refractivity contribution in [1.29, 1.82) is 16.2 Å². The summed E-state index contributed by atoms with van der Waals surface area (Å²) in [4.78, 5) is 259. The standard InChI is InChI=1S/C86H139N29O21/c1-42(2)32-58(109-81(134)64(40-116)113-70(123)46(9)101-48(11)118)75(128)103-54(21-16-30-98-85(92)93)73(126)111-62(37-51-39-96-41-100-51)78(131)110-61(36-49-18-13-12-14-19-49)77(130)107-59(33-43(3)4)76(129)112-63(38-66(88)121)79(132)108-60(34-44(5)6)80(133)114-67(45(7)8)82(135)115-68(47(10)117)83(136)105-55(22-17-31-99-86(94)95)71(124)104-56(27-28-65(87)120)74(127)102-53(20-15-29-97-84(90)91)72(125)106-57(69(89)122)35-50-23-25-52(119)26-24-50/h12-14,18-19,23-26,39,41-47,53-64,67-68,116-117,119H,15-17,20-22,27-38,40H2,1-11H3,(H2,87,120)(H2,88,121)(H2,89,122)(H,96,100)(H,101,118)(H,102,127)(H,103,128)(H,104,124)(H,105,136)(H,106,125)(H,107,130)(H,108,132)(H,109,134)(H,110,131)(H,111,126)(H,112,129)(H,113,123)(H,114,133)(H,115,135)(H4,90,91,97)(H4,92,93,98)(H4,94,95,99)/t46-,47+,53-,54-,55-,56-,57-,58-,59-,60-,61-,62-,63-,64-,67-,68-/m0/s1. The number of imidazole rings is 1. The smallest absolute Gasteiger partial charge is 0.245 e. The summed E-state index contributed by atoms with van der Waals surface area (Å²) in [5.74, 6) is -21.5. The molecule has 0 saturated heterocycles. The Kier molecular flexibility index (Phi) is 50.5. The van der Waals surface area contributed by atoms with Gasteiger partial charge in [0.1, 0.15) is 96.4 Å². The maximum atomic E-state index is 15.1. The molecule has 0 aliphatic heterocycles. The van der Waals surface area contributed by atoms with Crippen molar-refractivity contribution >= 4 is 124 Å². The Bertz CT molecular complexity index is 4540. The first kappa shape index (κ1) is 116. The minimum atomic E-state index is -1.95. The number of aromatic nitrogens is 2. The van der Waals surface area contributed by atoms with Gasteiger partial charge in [0.2, 0.25) is 106 Å². The summed E-state index contributed by atoms with van der Waals surface area (Å²) < 4.78 is 0. The summed E-state index contributed by atoms with van der Waals surface area (Å²) >= 11 is 0. The number of benzene rings is 2. The first-order valence-corrected chi connectivity index (χ1v) is 44.6. The van der Waals surface area contributed by atoms with Gasteiger partial charge in [0.25, 0.3) is 0 Å². The van der Waals surface area contributed by atoms with Crippen molar-refractivity contribution in [1.82, 2.24) is 106 Å². The van der Waals surface area contributed by atoms with Gasteiger partial charge < -0.3 is 150 Å². The van der Waals surface area contributed by atoms with E-state index in [0.29, 0.717) is 11.1 Å². The highest BCUT2D eigenvalue weighted by Gasteiger charge is 2.41. The van der Waals surface area contributed by atoms with Crippen LogP contribution in [0.1, 0.15) is 170 Å². The Balaban J connectivity index is 2.01. The zero-order valence-electron chi connectivity index (χ0n) is 78.4. The fourth-order valence-electron chi connectivity index (χ4n) is 13.7. The largest absolute Gasteiger partial charge is 0.508 e. The van der Waals surface area contributed by atoms with Crippen molar-refractivity contribution in [2.45, 2.75) is 269 Å². The van der Waals surface area contributed by atoms with Crippen LogP contribution in [0.25, 0.3) is 0 Å². The zero-order valence-corrected chi connectivity index (χ0v) is 78.4. The molecule has 754 valence electrons. The fourth-order valence-corrected chi connectivity index (χ4v) is 13.7. The van der Waals surface area contributed by atoms with Crippen LogP contribution in [0.3, 0.4) is 0 Å². The van der Waals surface area contributed by atoms with Gasteiger partial charge in [-0.15, -0.1) is 0 Å². The number of H-pyrrole nitrogens is 1. The molecule has 2 aromatic carbocycles. The predicted octanol–water partition coefficient (Wildman–Crippen LogP) is -7.96. The number of rotatable bonds is 62. The first-order valence-electron chi connectivity index (χ1n) is 44.6. The number of amides is 18. The number of guanidine groups is 3. The van der Waals surface area contributed by atoms with Crippen LogP contribution >= 0.6 is 0 Å². The zero-order chi connectivity index (χ0) is 102. The van der Waals surface area contributed by atoms with E-state index >= 15 is 9.59 Å². The van der Waals surface area contributed by atoms with Gasteiger partial charge in [0, 0.05) is 58.4 Å². The highest BCUT2D eigenvalue weighted by atomic mass is 16.3. The lowest BCUT2D eigenvalue weighted by Gasteiger charge is -2.30. The number of nitrogens with two attached hydrogens (primary N) is 6. The summed E-state index contributed by atoms with van der Waals surface area (Å²) in [6, 6.07) is -9.98. The molecule has 0 aliphatic carbocycles. The number of nitrogens with one attached hydrogen (secondary N) is 22. The van der Waals surface area contributed by atoms with Gasteiger partial charge in [0.15, 0.2) is 17.9 Å². The number of phenolic OH excluding ortho intramolecular Hbond substituents is 1. The van der Waals surface area contributed by atoms with Gasteiger partial charge >= 0.3 is 0 Å². The summed E-state index contributed by atoms with van der Waals surface area (Å²) in [7, 11) is 0. The Morgan fingerprint density at radius 3 is 1.10 bits per heavy atom. The Hall–Kier alpha value is -14.4. The van der Waals surface area contributed by atoms with E-state index in [4.69, 9.17) is 50.6 Å². The maximum absolute atomic E-state index is 15.1. The lowest BCUT2D eigenvalue weighted by molar-refractivity contribution is -0.138. The van der Waals surface area contributed by atoms with Gasteiger partial charge in [-0.1, -0.05) is 97.9 Å². The van der Waals surface area contributed by atoms with Gasteiger partial charge in [-0.3, -0.25) is 103 Å². The van der Waals surface area contributed by atoms with Crippen LogP contribution in [0.2, 0.25) is 0 Å². The summed E-state index contributed by atoms with van der Waals surface area (Å²) in [6.07, 6.45) is -2.88. The van der Waals surface area contributed by atoms with Crippen molar-refractivity contribution < 1.29 is 102 Å². The van der Waals surface area contributed by atoms with Crippen molar-refractivity contribution in [2.75, 3.05) is 26.2 Å². The van der Waals surface area contributed by atoms with Crippen LogP contribution in [0.5, 0.6) is 5.75 Å². The predicted molar refractivity (Wildman–Crippen MR) is 495 cm³/mol. The van der Waals surface area contributed by atoms with Gasteiger partial charge in [0.05, 0.1) is 31.2 Å². The highest BCUT2D eigenvalue weighted by molar-refractivity contribution is 6.02. The SMILES string of the molecule is CC(=O)N[C@@H](C)C(=O)N[C@@H](CO)C(=O)N[C@@H](CC(C)C)C(=O)N[C@@H](CCCNC(=N)N)C(=O)N[C@@H](Cc1c[nH]cn1)C(=O)N[C@@H](Cc1ccccc1)C(=O)N[C@@H](CC(C)C)C(=O)N[C@@H](CC(N)=O)C(=O)N[C@@H](CC(C)C)C(=O)N[C@H](C(=O)N[C@H](C(=O)N[C@@H](CCCNC(=N)N)C(=O)N[C@@H](CCC(N)=O)C(=O)N[C@@H](CCCNC(=N)N)C(=O)N[C@@H](Cc1ccc(O)cc1)C(N)=O)[C@@H](C)O)C(C)C. The Morgan fingerprint density at radius 1 is 0.375 bits per heavy atom. The number of aliphatic hydroxyl groups is 2. The van der Waals surface area contributed by atoms with Gasteiger partial charge in [-0.25, -0.2) is 4.98 Å². The van der Waals surface area contributed by atoms with Gasteiger partial charge in [-0.2, -0.15) is 0 Å². The molecule has 50 nitrogen and oxygen atoms in total. The van der Waals surface area contributed by atoms with Crippen molar-refractivity contribution in [2.24, 2.45) is 58.1 Å². The second-order valence-corrected chi connectivity index (χ2v) is 34.5. The maximum Gasteiger partial charge on any atom is 0.245 e. The molecular weight excluding hydrogens is 1780 g/mol. The molecule has 18 amide bonds. The molecule has 0 aliphatic rings. The van der Waals surface area contributed by atoms with Crippen LogP contribution in [0.15, 0.2) is 67.1 Å². The van der Waals surface area contributed by atoms with Crippen LogP contribution in [-0.4, -0.2) is 272 Å². The van der Waals surface area contributed by atoms with E-state index in [1.165, 1.54) is 64.5 Å². The van der Waals surface area contributed by atoms with Gasteiger partial charge in [-0.05, 0) is 125 Å². The molecule has 3 rings (SSSR count). The molecule has 136 heavy (non-hydrogen) atoms. The number of hydrogen-bond acceptors (Lipinski definition) is 25. The topological polar surface area (TPSA) is 841 Å². The van der Waals surface area contributed by atoms with Crippen LogP contribution in [0.4, 0.5) is 0 Å². The second kappa shape index (κ2) is 59.3. The summed E-state index contributed by atoms with van der Waals surface area (Å²) in [5.41, 5.74) is 34.6. The molecule has 0 fully saturated rings. The van der Waals surface area contributed by atoms with Crippen molar-refractivity contribution in [3.05, 3.63) is 83.9 Å². The molecule has 0 bridgehead atoms. The molecular formula is C86H139N29O21. The number of primary amides is 3. The number of phenols is 1. The molecule has 3 aromatic rings. The van der Waals surface area contributed by atoms with E-state index in [9.17, 15) is 92.0 Å². The molecule has 0 radical (unpaired) electrons.